The summed E-state index contributed by atoms with van der Waals surface area (Å²) in [6.45, 7) is 2.40. The summed E-state index contributed by atoms with van der Waals surface area (Å²) < 4.78 is 6.55. The number of methoxy groups -OCH3 is 1. The van der Waals surface area contributed by atoms with Crippen molar-refractivity contribution < 1.29 is 4.74 Å². The first-order valence-electron chi connectivity index (χ1n) is 6.01. The zero-order chi connectivity index (χ0) is 13.8. The number of nitrogens with zero attached hydrogens (tertiary/aromatic N) is 2. The summed E-state index contributed by atoms with van der Waals surface area (Å²) in [7, 11) is 1.62. The molecule has 19 heavy (non-hydrogen) atoms. The number of rotatable bonds is 4. The van der Waals surface area contributed by atoms with Crippen molar-refractivity contribution >= 4 is 11.6 Å². The number of hydrogen-bond donors (Lipinski definition) is 0. The van der Waals surface area contributed by atoms with E-state index >= 15 is 0 Å². The molecule has 0 atom stereocenters. The molecule has 0 bridgehead atoms. The maximum atomic E-state index is 11.9. The highest BCUT2D eigenvalue weighted by Crippen LogP contribution is 2.20. The van der Waals surface area contributed by atoms with Gasteiger partial charge in [0, 0.05) is 17.7 Å². The van der Waals surface area contributed by atoms with Gasteiger partial charge in [-0.3, -0.25) is 4.79 Å². The van der Waals surface area contributed by atoms with Crippen LogP contribution in [0.25, 0.3) is 11.3 Å². The van der Waals surface area contributed by atoms with Gasteiger partial charge in [0.15, 0.2) is 0 Å². The van der Waals surface area contributed by atoms with Gasteiger partial charge in [-0.1, -0.05) is 0 Å². The largest absolute Gasteiger partial charge is 0.497 e. The van der Waals surface area contributed by atoms with Gasteiger partial charge >= 0.3 is 0 Å². The summed E-state index contributed by atoms with van der Waals surface area (Å²) in [4.78, 5) is 11.9. The Morgan fingerprint density at radius 3 is 2.53 bits per heavy atom. The van der Waals surface area contributed by atoms with Gasteiger partial charge in [-0.25, -0.2) is 4.68 Å². The van der Waals surface area contributed by atoms with Crippen molar-refractivity contribution in [1.29, 1.82) is 0 Å². The molecular formula is C14H15ClN2O2. The second kappa shape index (κ2) is 5.89. The van der Waals surface area contributed by atoms with Crippen molar-refractivity contribution in [1.82, 2.24) is 9.78 Å². The molecule has 1 aromatic heterocycles. The number of ether oxygens (including phenoxy) is 1. The first kappa shape index (κ1) is 13.6. The number of aryl methyl sites for hydroxylation is 1. The topological polar surface area (TPSA) is 44.1 Å². The average Bonchev–Trinajstić information content (AvgIpc) is 2.47. The SMILES string of the molecule is CCn1nc(-c2ccc(OC)cc2)cc(CCl)c1=O. The first-order valence-corrected chi connectivity index (χ1v) is 6.54. The van der Waals surface area contributed by atoms with Crippen molar-refractivity contribution in [2.24, 2.45) is 0 Å². The van der Waals surface area contributed by atoms with E-state index in [4.69, 9.17) is 16.3 Å². The Balaban J connectivity index is 2.51. The van der Waals surface area contributed by atoms with E-state index in [1.807, 2.05) is 31.2 Å². The molecule has 0 aliphatic rings. The highest BCUT2D eigenvalue weighted by atomic mass is 35.5. The monoisotopic (exact) mass is 278 g/mol. The van der Waals surface area contributed by atoms with Crippen LogP contribution < -0.4 is 10.3 Å². The molecule has 0 N–H and O–H groups in total. The lowest BCUT2D eigenvalue weighted by molar-refractivity contribution is 0.415. The second-order valence-corrected chi connectivity index (χ2v) is 4.31. The van der Waals surface area contributed by atoms with Crippen molar-refractivity contribution in [2.75, 3.05) is 7.11 Å². The Morgan fingerprint density at radius 1 is 1.32 bits per heavy atom. The van der Waals surface area contributed by atoms with E-state index in [-0.39, 0.29) is 11.4 Å². The van der Waals surface area contributed by atoms with Gasteiger partial charge in [0.05, 0.1) is 18.7 Å². The zero-order valence-corrected chi connectivity index (χ0v) is 11.6. The number of aromatic nitrogens is 2. The summed E-state index contributed by atoms with van der Waals surface area (Å²) in [5.41, 5.74) is 2.09. The van der Waals surface area contributed by atoms with E-state index in [1.165, 1.54) is 4.68 Å². The normalized spacial score (nSPS) is 10.5. The fraction of sp³-hybridized carbons (Fsp3) is 0.286. The highest BCUT2D eigenvalue weighted by molar-refractivity contribution is 6.17. The Hall–Kier alpha value is -1.81. The fourth-order valence-corrected chi connectivity index (χ4v) is 2.00. The molecule has 0 amide bonds. The molecule has 4 nitrogen and oxygen atoms in total. The van der Waals surface area contributed by atoms with Crippen LogP contribution in [-0.4, -0.2) is 16.9 Å². The minimum Gasteiger partial charge on any atom is -0.497 e. The lowest BCUT2D eigenvalue weighted by Crippen LogP contribution is -2.25. The summed E-state index contributed by atoms with van der Waals surface area (Å²) in [6.07, 6.45) is 0. The predicted octanol–water partition coefficient (Wildman–Crippen LogP) is 2.68. The average molecular weight is 279 g/mol. The molecule has 100 valence electrons. The third-order valence-corrected chi connectivity index (χ3v) is 3.17. The van der Waals surface area contributed by atoms with Crippen LogP contribution in [0.5, 0.6) is 5.75 Å². The van der Waals surface area contributed by atoms with Crippen LogP contribution in [0.15, 0.2) is 35.1 Å². The van der Waals surface area contributed by atoms with Crippen molar-refractivity contribution in [2.45, 2.75) is 19.3 Å². The van der Waals surface area contributed by atoms with Gasteiger partial charge in [-0.05, 0) is 37.3 Å². The molecule has 2 aromatic rings. The van der Waals surface area contributed by atoms with Gasteiger partial charge < -0.3 is 4.74 Å². The predicted molar refractivity (Wildman–Crippen MR) is 75.7 cm³/mol. The van der Waals surface area contributed by atoms with Crippen molar-refractivity contribution in [3.8, 4) is 17.0 Å². The fourth-order valence-electron chi connectivity index (χ4n) is 1.81. The van der Waals surface area contributed by atoms with Gasteiger partial charge in [0.25, 0.3) is 5.56 Å². The molecule has 0 unspecified atom stereocenters. The van der Waals surface area contributed by atoms with Crippen LogP contribution in [-0.2, 0) is 12.4 Å². The van der Waals surface area contributed by atoms with Crippen LogP contribution >= 0.6 is 11.6 Å². The number of alkyl halides is 1. The standard InChI is InChI=1S/C14H15ClN2O2/c1-3-17-14(18)11(9-15)8-13(16-17)10-4-6-12(19-2)7-5-10/h4-8H,3,9H2,1-2H3. The molecule has 0 radical (unpaired) electrons. The van der Waals surface area contributed by atoms with Gasteiger partial charge in [-0.15, -0.1) is 11.6 Å². The molecule has 1 heterocycles. The van der Waals surface area contributed by atoms with E-state index in [1.54, 1.807) is 13.2 Å². The van der Waals surface area contributed by atoms with Crippen LogP contribution in [0, 0.1) is 0 Å². The molecule has 0 aliphatic carbocycles. The third kappa shape index (κ3) is 2.79. The van der Waals surface area contributed by atoms with Crippen LogP contribution in [0.1, 0.15) is 12.5 Å². The molecule has 1 aromatic carbocycles. The molecule has 0 saturated carbocycles. The summed E-state index contributed by atoms with van der Waals surface area (Å²) in [6, 6.07) is 9.27. The summed E-state index contributed by atoms with van der Waals surface area (Å²) >= 11 is 5.81. The smallest absolute Gasteiger partial charge is 0.271 e. The Kier molecular flexibility index (Phi) is 4.22. The third-order valence-electron chi connectivity index (χ3n) is 2.88. The minimum absolute atomic E-state index is 0.130. The van der Waals surface area contributed by atoms with Crippen molar-refractivity contribution in [3.63, 3.8) is 0 Å². The molecule has 0 spiro atoms. The highest BCUT2D eigenvalue weighted by Gasteiger charge is 2.08. The molecule has 2 rings (SSSR count). The van der Waals surface area contributed by atoms with Crippen LogP contribution in [0.4, 0.5) is 0 Å². The van der Waals surface area contributed by atoms with Crippen molar-refractivity contribution in [3.05, 3.63) is 46.2 Å². The zero-order valence-electron chi connectivity index (χ0n) is 10.9. The Bertz CT molecular complexity index is 592. The molecule has 5 heteroatoms. The summed E-state index contributed by atoms with van der Waals surface area (Å²) in [5.74, 6) is 0.968. The summed E-state index contributed by atoms with van der Waals surface area (Å²) in [5, 5.41) is 4.33. The first-order chi connectivity index (χ1) is 9.19. The quantitative estimate of drug-likeness (QED) is 0.808. The van der Waals surface area contributed by atoms with Gasteiger partial charge in [0.2, 0.25) is 0 Å². The number of halogens is 1. The minimum atomic E-state index is -0.130. The molecule has 0 aliphatic heterocycles. The second-order valence-electron chi connectivity index (χ2n) is 4.04. The van der Waals surface area contributed by atoms with E-state index in [0.29, 0.717) is 12.1 Å². The maximum Gasteiger partial charge on any atom is 0.271 e. The van der Waals surface area contributed by atoms with Crippen LogP contribution in [0.3, 0.4) is 0 Å². The van der Waals surface area contributed by atoms with Gasteiger partial charge in [0.1, 0.15) is 5.75 Å². The number of benzene rings is 1. The lowest BCUT2D eigenvalue weighted by atomic mass is 10.1. The Morgan fingerprint density at radius 2 is 2.00 bits per heavy atom. The van der Waals surface area contributed by atoms with E-state index in [9.17, 15) is 4.79 Å². The molecule has 0 saturated heterocycles. The van der Waals surface area contributed by atoms with E-state index in [0.717, 1.165) is 17.0 Å². The Labute approximate surface area is 116 Å². The van der Waals surface area contributed by atoms with E-state index < -0.39 is 0 Å². The number of hydrogen-bond acceptors (Lipinski definition) is 3. The van der Waals surface area contributed by atoms with Gasteiger partial charge in [-0.2, -0.15) is 5.10 Å². The van der Waals surface area contributed by atoms with Crippen LogP contribution in [0.2, 0.25) is 0 Å². The molecule has 0 fully saturated rings. The molecular weight excluding hydrogens is 264 g/mol. The lowest BCUT2D eigenvalue weighted by Gasteiger charge is -2.08. The maximum absolute atomic E-state index is 11.9. The van der Waals surface area contributed by atoms with E-state index in [2.05, 4.69) is 5.10 Å².